The smallest absolute Gasteiger partial charge is 0.00204 e. The van der Waals surface area contributed by atoms with E-state index < -0.39 is 0 Å². The maximum atomic E-state index is 2.55. The highest BCUT2D eigenvalue weighted by atomic mass is 31.1. The summed E-state index contributed by atoms with van der Waals surface area (Å²) in [5, 5.41) is 1.68. The van der Waals surface area contributed by atoms with Crippen molar-refractivity contribution in [1.82, 2.24) is 0 Å². The second-order valence-electron chi connectivity index (χ2n) is 13.0. The van der Waals surface area contributed by atoms with E-state index in [4.69, 9.17) is 0 Å². The lowest BCUT2D eigenvalue weighted by Crippen LogP contribution is -2.27. The first-order valence-corrected chi connectivity index (χ1v) is 17.6. The molecule has 0 bridgehead atoms. The molecule has 0 aliphatic heterocycles. The van der Waals surface area contributed by atoms with Gasteiger partial charge in [-0.2, -0.15) is 0 Å². The molecule has 2 saturated carbocycles. The molecular weight excluding hydrogens is 511 g/mol. The lowest BCUT2D eigenvalue weighted by molar-refractivity contribution is 0.487. The molecule has 0 amide bonds. The van der Waals surface area contributed by atoms with Crippen molar-refractivity contribution >= 4 is 13.2 Å². The Morgan fingerprint density at radius 3 is 1.34 bits per heavy atom. The molecule has 212 valence electrons. The van der Waals surface area contributed by atoms with Crippen LogP contribution in [-0.2, 0) is 0 Å². The fourth-order valence-electron chi connectivity index (χ4n) is 7.90. The van der Waals surface area contributed by atoms with Crippen molar-refractivity contribution in [2.45, 2.75) is 103 Å². The third-order valence-corrected chi connectivity index (χ3v) is 13.1. The number of aryl methyl sites for hydroxylation is 4. The average molecular weight is 559 g/mol. The number of rotatable bonds is 6. The molecule has 0 spiro atoms. The largest absolute Gasteiger partial charge is 0.0683 e. The number of hydrogen-bond acceptors (Lipinski definition) is 0. The van der Waals surface area contributed by atoms with Crippen molar-refractivity contribution < 1.29 is 0 Å². The van der Waals surface area contributed by atoms with Gasteiger partial charge in [0.2, 0.25) is 0 Å². The standard InChI is InChI=1S/C40H47P/c1-28-22-29(2)25-32(24-28)36-19-13-20-37(33-26-30(3)23-31(4)27-33)40(36)38-18-11-12-21-39(38)41(34-14-7-5-8-15-34)35-16-9-6-10-17-35/h11-13,18-27,34-35H,5-10,14-17H2,1-4H3. The van der Waals surface area contributed by atoms with Crippen LogP contribution in [0.1, 0.15) is 86.5 Å². The van der Waals surface area contributed by atoms with Crippen LogP contribution in [0.4, 0.5) is 0 Å². The summed E-state index contributed by atoms with van der Waals surface area (Å²) in [5.74, 6) is 0. The van der Waals surface area contributed by atoms with E-state index in [9.17, 15) is 0 Å². The second kappa shape index (κ2) is 12.7. The van der Waals surface area contributed by atoms with Gasteiger partial charge < -0.3 is 0 Å². The third-order valence-electron chi connectivity index (χ3n) is 9.52. The van der Waals surface area contributed by atoms with Crippen molar-refractivity contribution in [2.75, 3.05) is 0 Å². The van der Waals surface area contributed by atoms with Gasteiger partial charge in [0.05, 0.1) is 0 Å². The molecule has 0 radical (unpaired) electrons. The van der Waals surface area contributed by atoms with Gasteiger partial charge in [-0.05, 0) is 103 Å². The fraction of sp³-hybridized carbons (Fsp3) is 0.400. The molecular formula is C40H47P. The Labute approximate surface area is 250 Å². The molecule has 41 heavy (non-hydrogen) atoms. The van der Waals surface area contributed by atoms with Gasteiger partial charge in [-0.15, -0.1) is 0 Å². The molecule has 0 unspecified atom stereocenters. The Kier molecular flexibility index (Phi) is 8.79. The van der Waals surface area contributed by atoms with Crippen molar-refractivity contribution in [3.8, 4) is 33.4 Å². The van der Waals surface area contributed by atoms with Crippen molar-refractivity contribution in [2.24, 2.45) is 0 Å². The Morgan fingerprint density at radius 1 is 0.463 bits per heavy atom. The van der Waals surface area contributed by atoms with E-state index in [0.717, 1.165) is 11.3 Å². The van der Waals surface area contributed by atoms with E-state index in [1.807, 2.05) is 0 Å². The zero-order chi connectivity index (χ0) is 28.3. The van der Waals surface area contributed by atoms with Crippen molar-refractivity contribution in [3.05, 3.63) is 101 Å². The Bertz CT molecular complexity index is 1370. The van der Waals surface area contributed by atoms with Gasteiger partial charge in [-0.25, -0.2) is 0 Å². The highest BCUT2D eigenvalue weighted by Gasteiger charge is 2.34. The van der Waals surface area contributed by atoms with Crippen molar-refractivity contribution in [1.29, 1.82) is 0 Å². The summed E-state index contributed by atoms with van der Waals surface area (Å²) >= 11 is 0. The van der Waals surface area contributed by atoms with Gasteiger partial charge in [0, 0.05) is 0 Å². The molecule has 4 aromatic carbocycles. The summed E-state index contributed by atoms with van der Waals surface area (Å²) in [5.41, 5.74) is 15.5. The van der Waals surface area contributed by atoms with Crippen LogP contribution < -0.4 is 5.30 Å². The zero-order valence-corrected chi connectivity index (χ0v) is 26.6. The third kappa shape index (κ3) is 6.24. The molecule has 0 heterocycles. The molecule has 0 nitrogen and oxygen atoms in total. The average Bonchev–Trinajstić information content (AvgIpc) is 2.97. The van der Waals surface area contributed by atoms with Crippen LogP contribution in [0.5, 0.6) is 0 Å². The van der Waals surface area contributed by atoms with E-state index in [1.165, 1.54) is 120 Å². The van der Waals surface area contributed by atoms with Crippen LogP contribution in [0.3, 0.4) is 0 Å². The predicted molar refractivity (Wildman–Crippen MR) is 182 cm³/mol. The van der Waals surface area contributed by atoms with E-state index in [2.05, 4.69) is 107 Å². The van der Waals surface area contributed by atoms with E-state index in [0.29, 0.717) is 0 Å². The Morgan fingerprint density at radius 2 is 0.878 bits per heavy atom. The predicted octanol–water partition coefficient (Wildman–Crippen LogP) is 11.7. The molecule has 0 aromatic heterocycles. The van der Waals surface area contributed by atoms with Gasteiger partial charge in [0.25, 0.3) is 0 Å². The zero-order valence-electron chi connectivity index (χ0n) is 25.7. The Hall–Kier alpha value is -2.69. The first-order valence-electron chi connectivity index (χ1n) is 16.2. The number of benzene rings is 4. The maximum absolute atomic E-state index is 2.55. The molecule has 0 N–H and O–H groups in total. The molecule has 2 aliphatic rings. The minimum atomic E-state index is -0.224. The Balaban J connectivity index is 1.61. The highest BCUT2D eigenvalue weighted by molar-refractivity contribution is 7.67. The van der Waals surface area contributed by atoms with E-state index >= 15 is 0 Å². The summed E-state index contributed by atoms with van der Waals surface area (Å²) in [7, 11) is -0.224. The van der Waals surface area contributed by atoms with E-state index in [-0.39, 0.29) is 7.92 Å². The summed E-state index contributed by atoms with van der Waals surface area (Å²) in [6.07, 6.45) is 14.3. The topological polar surface area (TPSA) is 0 Å². The summed E-state index contributed by atoms with van der Waals surface area (Å²) in [6, 6.07) is 30.9. The first kappa shape index (κ1) is 28.4. The molecule has 4 aromatic rings. The van der Waals surface area contributed by atoms with Crippen molar-refractivity contribution in [3.63, 3.8) is 0 Å². The number of hydrogen-bond donors (Lipinski definition) is 0. The molecule has 2 fully saturated rings. The summed E-state index contributed by atoms with van der Waals surface area (Å²) < 4.78 is 0. The quantitative estimate of drug-likeness (QED) is 0.206. The fourth-order valence-corrected chi connectivity index (χ4v) is 11.9. The van der Waals surface area contributed by atoms with Gasteiger partial charge in [0.1, 0.15) is 0 Å². The van der Waals surface area contributed by atoms with Crippen LogP contribution in [-0.4, -0.2) is 11.3 Å². The SMILES string of the molecule is Cc1cc(C)cc(-c2cccc(-c3cc(C)cc(C)c3)c2-c2ccccc2P(C2CCCCC2)C2CCCCC2)c1. The monoisotopic (exact) mass is 558 g/mol. The van der Waals surface area contributed by atoms with Crippen LogP contribution in [0.25, 0.3) is 33.4 Å². The van der Waals surface area contributed by atoms with Crippen LogP contribution in [0, 0.1) is 27.7 Å². The molecule has 0 atom stereocenters. The van der Waals surface area contributed by atoms with Crippen LogP contribution >= 0.6 is 7.92 Å². The van der Waals surface area contributed by atoms with E-state index in [1.54, 1.807) is 5.30 Å². The van der Waals surface area contributed by atoms with Gasteiger partial charge in [-0.1, -0.05) is 148 Å². The highest BCUT2D eigenvalue weighted by Crippen LogP contribution is 2.57. The summed E-state index contributed by atoms with van der Waals surface area (Å²) in [4.78, 5) is 0. The summed E-state index contributed by atoms with van der Waals surface area (Å²) in [6.45, 7) is 8.96. The lowest BCUT2D eigenvalue weighted by atomic mass is 9.86. The molecule has 0 saturated heterocycles. The normalized spacial score (nSPS) is 16.8. The lowest BCUT2D eigenvalue weighted by Gasteiger charge is -2.40. The van der Waals surface area contributed by atoms with Gasteiger partial charge >= 0.3 is 0 Å². The van der Waals surface area contributed by atoms with Crippen LogP contribution in [0.2, 0.25) is 0 Å². The molecule has 1 heteroatoms. The van der Waals surface area contributed by atoms with Gasteiger partial charge in [-0.3, -0.25) is 0 Å². The van der Waals surface area contributed by atoms with Gasteiger partial charge in [0.15, 0.2) is 0 Å². The maximum Gasteiger partial charge on any atom is -0.00204 e. The van der Waals surface area contributed by atoms with Crippen LogP contribution in [0.15, 0.2) is 78.9 Å². The first-order chi connectivity index (χ1) is 20.0. The minimum Gasteiger partial charge on any atom is -0.0683 e. The molecule has 6 rings (SSSR count). The second-order valence-corrected chi connectivity index (χ2v) is 15.7. The molecule has 2 aliphatic carbocycles. The minimum absolute atomic E-state index is 0.224.